The molecule has 0 aliphatic carbocycles. The summed E-state index contributed by atoms with van der Waals surface area (Å²) in [7, 11) is -3.72. The lowest BCUT2D eigenvalue weighted by molar-refractivity contribution is -0.385. The molecule has 150 valence electrons. The minimum absolute atomic E-state index is 0.00734. The van der Waals surface area contributed by atoms with E-state index >= 15 is 0 Å². The minimum Gasteiger partial charge on any atom is -0.353 e. The molecule has 1 aromatic carbocycles. The van der Waals surface area contributed by atoms with E-state index in [2.05, 4.69) is 10.0 Å². The van der Waals surface area contributed by atoms with Crippen LogP contribution in [0.3, 0.4) is 0 Å². The van der Waals surface area contributed by atoms with Gasteiger partial charge in [0.05, 0.1) is 16.0 Å². The van der Waals surface area contributed by atoms with Crippen LogP contribution in [0.5, 0.6) is 0 Å². The molecule has 1 heterocycles. The number of aryl methyl sites for hydroxylation is 2. The van der Waals surface area contributed by atoms with Gasteiger partial charge in [-0.25, -0.2) is 13.1 Å². The second kappa shape index (κ2) is 8.76. The van der Waals surface area contributed by atoms with Crippen molar-refractivity contribution in [3.63, 3.8) is 0 Å². The predicted octanol–water partition coefficient (Wildman–Crippen LogP) is 0.468. The molecule has 1 aromatic heterocycles. The number of nitrogens with one attached hydrogen (secondary N) is 2. The lowest BCUT2D eigenvalue weighted by Crippen LogP contribution is -2.37. The van der Waals surface area contributed by atoms with Crippen LogP contribution < -0.4 is 15.6 Å². The van der Waals surface area contributed by atoms with Gasteiger partial charge in [0.1, 0.15) is 6.54 Å². The topological polar surface area (TPSA) is 140 Å². The Bertz CT molecular complexity index is 1060. The summed E-state index contributed by atoms with van der Waals surface area (Å²) >= 11 is 0. The highest BCUT2D eigenvalue weighted by atomic mass is 32.2. The molecule has 0 saturated heterocycles. The quantitative estimate of drug-likeness (QED) is 0.370. The van der Waals surface area contributed by atoms with E-state index in [1.807, 2.05) is 6.07 Å². The van der Waals surface area contributed by atoms with Gasteiger partial charge in [0, 0.05) is 25.2 Å². The van der Waals surface area contributed by atoms with Gasteiger partial charge in [-0.05, 0) is 31.0 Å². The Balaban J connectivity index is 1.91. The van der Waals surface area contributed by atoms with Crippen LogP contribution in [0.4, 0.5) is 5.69 Å². The number of nitrogens with zero attached hydrogens (tertiary/aromatic N) is 2. The Morgan fingerprint density at radius 1 is 1.18 bits per heavy atom. The van der Waals surface area contributed by atoms with Crippen molar-refractivity contribution in [3.8, 4) is 0 Å². The maximum absolute atomic E-state index is 12.4. The first-order chi connectivity index (χ1) is 13.1. The second-order valence-electron chi connectivity index (χ2n) is 6.13. The summed E-state index contributed by atoms with van der Waals surface area (Å²) in [4.78, 5) is 33.8. The van der Waals surface area contributed by atoms with Crippen LogP contribution in [0, 0.1) is 24.0 Å². The summed E-state index contributed by atoms with van der Waals surface area (Å²) in [6.45, 7) is 3.00. The number of rotatable bonds is 8. The normalized spacial score (nSPS) is 11.2. The molecular weight excluding hydrogens is 388 g/mol. The summed E-state index contributed by atoms with van der Waals surface area (Å²) in [5, 5.41) is 13.2. The van der Waals surface area contributed by atoms with E-state index in [1.165, 1.54) is 0 Å². The van der Waals surface area contributed by atoms with Gasteiger partial charge in [-0.1, -0.05) is 12.1 Å². The molecule has 2 aromatic rings. The van der Waals surface area contributed by atoms with Gasteiger partial charge in [-0.2, -0.15) is 0 Å². The highest BCUT2D eigenvalue weighted by Gasteiger charge is 2.16. The molecule has 28 heavy (non-hydrogen) atoms. The van der Waals surface area contributed by atoms with Crippen LogP contribution in [0.15, 0.2) is 46.2 Å². The summed E-state index contributed by atoms with van der Waals surface area (Å²) in [5.74, 6) is -0.575. The molecule has 2 N–H and O–H groups in total. The summed E-state index contributed by atoms with van der Waals surface area (Å²) in [6.07, 6.45) is 0.977. The van der Waals surface area contributed by atoms with Crippen LogP contribution in [-0.2, 0) is 21.4 Å². The van der Waals surface area contributed by atoms with E-state index in [4.69, 9.17) is 0 Å². The van der Waals surface area contributed by atoms with Gasteiger partial charge in [-0.15, -0.1) is 0 Å². The monoisotopic (exact) mass is 408 g/mol. The second-order valence-corrected chi connectivity index (χ2v) is 7.86. The molecule has 0 aliphatic rings. The van der Waals surface area contributed by atoms with Crippen molar-refractivity contribution in [2.75, 3.05) is 13.1 Å². The smallest absolute Gasteiger partial charge is 0.285 e. The number of sulfonamides is 1. The van der Waals surface area contributed by atoms with Gasteiger partial charge >= 0.3 is 0 Å². The molecule has 0 saturated carbocycles. The van der Waals surface area contributed by atoms with E-state index in [0.29, 0.717) is 5.56 Å². The fourth-order valence-corrected chi connectivity index (χ4v) is 3.78. The fourth-order valence-electron chi connectivity index (χ4n) is 2.42. The molecule has 0 aliphatic heterocycles. The van der Waals surface area contributed by atoms with Crippen molar-refractivity contribution in [2.24, 2.45) is 0 Å². The number of nitro groups is 1. The summed E-state index contributed by atoms with van der Waals surface area (Å²) < 4.78 is 28.0. The number of aromatic nitrogens is 1. The number of hydrogen-bond donors (Lipinski definition) is 2. The van der Waals surface area contributed by atoms with Crippen molar-refractivity contribution in [3.05, 3.63) is 68.1 Å². The molecule has 2 rings (SSSR count). The lowest BCUT2D eigenvalue weighted by atomic mass is 10.2. The third kappa shape index (κ3) is 5.47. The van der Waals surface area contributed by atoms with E-state index in [1.54, 1.807) is 26.0 Å². The highest BCUT2D eigenvalue weighted by Crippen LogP contribution is 2.16. The Morgan fingerprint density at radius 3 is 2.57 bits per heavy atom. The number of amides is 1. The van der Waals surface area contributed by atoms with E-state index in [-0.39, 0.29) is 23.7 Å². The van der Waals surface area contributed by atoms with Crippen molar-refractivity contribution >= 4 is 21.6 Å². The number of carbonyl (C=O) groups is 1. The van der Waals surface area contributed by atoms with Crippen LogP contribution >= 0.6 is 0 Å². The number of benzene rings is 1. The van der Waals surface area contributed by atoms with Crippen molar-refractivity contribution in [1.29, 1.82) is 0 Å². The zero-order valence-electron chi connectivity index (χ0n) is 15.3. The number of carbonyl (C=O) groups excluding carboxylic acids is 1. The molecule has 0 bridgehead atoms. The first kappa shape index (κ1) is 21.3. The lowest BCUT2D eigenvalue weighted by Gasteiger charge is -2.11. The molecule has 0 atom stereocenters. The standard InChI is InChI=1S/C17H20N4O6S/c1-12-3-4-13(2)15(9-12)28(26,27)19-8-7-18-16(22)11-20-10-14(21(24)25)5-6-17(20)23/h3-6,9-10,19H,7-8,11H2,1-2H3,(H,18,22). The zero-order chi connectivity index (χ0) is 20.9. The van der Waals surface area contributed by atoms with Crippen molar-refractivity contribution < 1.29 is 18.1 Å². The number of hydrogen-bond acceptors (Lipinski definition) is 6. The Hall–Kier alpha value is -3.05. The molecule has 1 amide bonds. The summed E-state index contributed by atoms with van der Waals surface area (Å²) in [5.41, 5.74) is 0.541. The molecule has 0 spiro atoms. The van der Waals surface area contributed by atoms with Crippen LogP contribution in [0.2, 0.25) is 0 Å². The zero-order valence-corrected chi connectivity index (χ0v) is 16.2. The van der Waals surface area contributed by atoms with Gasteiger partial charge in [0.25, 0.3) is 11.2 Å². The third-order valence-electron chi connectivity index (χ3n) is 3.87. The molecule has 10 nitrogen and oxygen atoms in total. The maximum Gasteiger partial charge on any atom is 0.285 e. The van der Waals surface area contributed by atoms with E-state index in [0.717, 1.165) is 28.5 Å². The van der Waals surface area contributed by atoms with Crippen LogP contribution in [0.25, 0.3) is 0 Å². The van der Waals surface area contributed by atoms with Crippen molar-refractivity contribution in [1.82, 2.24) is 14.6 Å². The highest BCUT2D eigenvalue weighted by molar-refractivity contribution is 7.89. The fraction of sp³-hybridized carbons (Fsp3) is 0.294. The molecule has 0 radical (unpaired) electrons. The van der Waals surface area contributed by atoms with E-state index in [9.17, 15) is 28.1 Å². The minimum atomic E-state index is -3.72. The van der Waals surface area contributed by atoms with Gasteiger partial charge in [0.15, 0.2) is 0 Å². The summed E-state index contributed by atoms with van der Waals surface area (Å²) in [6, 6.07) is 7.14. The Labute approximate surface area is 161 Å². The number of pyridine rings is 1. The van der Waals surface area contributed by atoms with E-state index < -0.39 is 33.0 Å². The van der Waals surface area contributed by atoms with Gasteiger partial charge in [0.2, 0.25) is 15.9 Å². The SMILES string of the molecule is Cc1ccc(C)c(S(=O)(=O)NCCNC(=O)Cn2cc([N+](=O)[O-])ccc2=O)c1. The molecule has 0 fully saturated rings. The first-order valence-electron chi connectivity index (χ1n) is 8.28. The van der Waals surface area contributed by atoms with Gasteiger partial charge in [-0.3, -0.25) is 24.3 Å². The van der Waals surface area contributed by atoms with Crippen LogP contribution in [-0.4, -0.2) is 36.9 Å². The Kier molecular flexibility index (Phi) is 6.65. The largest absolute Gasteiger partial charge is 0.353 e. The Morgan fingerprint density at radius 2 is 1.89 bits per heavy atom. The molecule has 0 unspecified atom stereocenters. The van der Waals surface area contributed by atoms with Crippen LogP contribution in [0.1, 0.15) is 11.1 Å². The molecular formula is C17H20N4O6S. The van der Waals surface area contributed by atoms with Gasteiger partial charge < -0.3 is 5.32 Å². The third-order valence-corrected chi connectivity index (χ3v) is 5.47. The van der Waals surface area contributed by atoms with Crippen molar-refractivity contribution in [2.45, 2.75) is 25.3 Å². The predicted molar refractivity (Wildman–Crippen MR) is 101 cm³/mol. The maximum atomic E-state index is 12.4. The first-order valence-corrected chi connectivity index (χ1v) is 9.77. The average Bonchev–Trinajstić information content (AvgIpc) is 2.62. The molecule has 11 heteroatoms. The average molecular weight is 408 g/mol.